The molecule has 1 aliphatic rings. The Kier molecular flexibility index (Phi) is 5.90. The summed E-state index contributed by atoms with van der Waals surface area (Å²) in [5.41, 5.74) is 2.32. The number of nitrogens with one attached hydrogen (secondary N) is 1. The number of hydrogen-bond donors (Lipinski definition) is 1. The van der Waals surface area contributed by atoms with Gasteiger partial charge in [0.2, 0.25) is 15.9 Å². The number of carbonyl (C=O) groups excluding carboxylic acids is 1. The lowest BCUT2D eigenvalue weighted by molar-refractivity contribution is -0.116. The van der Waals surface area contributed by atoms with E-state index in [4.69, 9.17) is 9.47 Å². The topological polar surface area (TPSA) is 84.9 Å². The number of nitrogens with zero attached hydrogens (tertiary/aromatic N) is 1. The molecular weight excluding hydrogens is 380 g/mol. The molecule has 1 N–H and O–H groups in total. The van der Waals surface area contributed by atoms with Crippen LogP contribution >= 0.6 is 0 Å². The van der Waals surface area contributed by atoms with E-state index in [2.05, 4.69) is 4.72 Å². The average molecular weight is 404 g/mol. The Morgan fingerprint density at radius 3 is 2.61 bits per heavy atom. The third kappa shape index (κ3) is 4.13. The first kappa shape index (κ1) is 20.2. The first-order chi connectivity index (χ1) is 13.4. The third-order valence-corrected chi connectivity index (χ3v) is 6.20. The molecule has 1 aliphatic heterocycles. The number of fused-ring (bicyclic) bond motifs is 1. The van der Waals surface area contributed by atoms with Crippen LogP contribution in [0, 0.1) is 0 Å². The number of anilines is 1. The van der Waals surface area contributed by atoms with Crippen LogP contribution in [0.4, 0.5) is 5.69 Å². The summed E-state index contributed by atoms with van der Waals surface area (Å²) < 4.78 is 38.7. The van der Waals surface area contributed by atoms with Gasteiger partial charge in [0.1, 0.15) is 11.5 Å². The van der Waals surface area contributed by atoms with E-state index in [0.29, 0.717) is 23.6 Å². The Hall–Kier alpha value is -2.58. The van der Waals surface area contributed by atoms with Crippen LogP contribution < -0.4 is 19.1 Å². The molecule has 0 radical (unpaired) electrons. The van der Waals surface area contributed by atoms with Crippen LogP contribution in [-0.4, -0.2) is 35.1 Å². The molecule has 8 heteroatoms. The van der Waals surface area contributed by atoms with Gasteiger partial charge in [0.05, 0.1) is 19.1 Å². The molecule has 2 aromatic carbocycles. The van der Waals surface area contributed by atoms with Crippen molar-refractivity contribution < 1.29 is 22.7 Å². The Labute approximate surface area is 165 Å². The molecule has 0 unspecified atom stereocenters. The molecule has 1 heterocycles. The first-order valence-corrected chi connectivity index (χ1v) is 10.5. The lowest BCUT2D eigenvalue weighted by atomic mass is 10.0. The molecule has 3 rings (SSSR count). The number of sulfonamides is 1. The summed E-state index contributed by atoms with van der Waals surface area (Å²) >= 11 is 0. The van der Waals surface area contributed by atoms with Crippen molar-refractivity contribution in [3.63, 3.8) is 0 Å². The van der Waals surface area contributed by atoms with Gasteiger partial charge in [0.25, 0.3) is 0 Å². The number of aryl methyl sites for hydroxylation is 1. The summed E-state index contributed by atoms with van der Waals surface area (Å²) in [6.45, 7) is 2.24. The SMILES string of the molecule is COc1ccc(OC)c(CNS(=O)(=O)c2ccc3c(c2)CCCN3C(C)=O)c1. The molecule has 0 fully saturated rings. The van der Waals surface area contributed by atoms with Crippen molar-refractivity contribution >= 4 is 21.6 Å². The van der Waals surface area contributed by atoms with Crippen LogP contribution in [0.2, 0.25) is 0 Å². The molecule has 0 spiro atoms. The van der Waals surface area contributed by atoms with E-state index in [0.717, 1.165) is 24.1 Å². The molecule has 7 nitrogen and oxygen atoms in total. The smallest absolute Gasteiger partial charge is 0.240 e. The van der Waals surface area contributed by atoms with Gasteiger partial charge in [-0.1, -0.05) is 0 Å². The van der Waals surface area contributed by atoms with Gasteiger partial charge in [-0.25, -0.2) is 13.1 Å². The van der Waals surface area contributed by atoms with E-state index >= 15 is 0 Å². The van der Waals surface area contributed by atoms with Gasteiger partial charge < -0.3 is 14.4 Å². The highest BCUT2D eigenvalue weighted by Crippen LogP contribution is 2.30. The maximum absolute atomic E-state index is 12.8. The number of benzene rings is 2. The second-order valence-electron chi connectivity index (χ2n) is 6.57. The molecule has 1 amide bonds. The minimum Gasteiger partial charge on any atom is -0.497 e. The zero-order chi connectivity index (χ0) is 20.3. The van der Waals surface area contributed by atoms with Crippen molar-refractivity contribution in [3.05, 3.63) is 47.5 Å². The Balaban J connectivity index is 1.83. The van der Waals surface area contributed by atoms with Crippen molar-refractivity contribution in [2.24, 2.45) is 0 Å². The average Bonchev–Trinajstić information content (AvgIpc) is 2.71. The fourth-order valence-corrected chi connectivity index (χ4v) is 4.40. The third-order valence-electron chi connectivity index (χ3n) is 4.80. The van der Waals surface area contributed by atoms with Gasteiger partial charge in [-0.15, -0.1) is 0 Å². The minimum atomic E-state index is -3.72. The summed E-state index contributed by atoms with van der Waals surface area (Å²) in [6.07, 6.45) is 1.55. The van der Waals surface area contributed by atoms with E-state index in [1.807, 2.05) is 0 Å². The van der Waals surface area contributed by atoms with Gasteiger partial charge in [-0.2, -0.15) is 0 Å². The zero-order valence-corrected chi connectivity index (χ0v) is 17.0. The van der Waals surface area contributed by atoms with E-state index < -0.39 is 10.0 Å². The quantitative estimate of drug-likeness (QED) is 0.800. The minimum absolute atomic E-state index is 0.0418. The number of carbonyl (C=O) groups is 1. The maximum atomic E-state index is 12.8. The summed E-state index contributed by atoms with van der Waals surface area (Å²) in [5, 5.41) is 0. The normalized spacial score (nSPS) is 13.8. The van der Waals surface area contributed by atoms with Crippen molar-refractivity contribution in [2.75, 3.05) is 25.7 Å². The van der Waals surface area contributed by atoms with E-state index in [1.54, 1.807) is 42.3 Å². The highest BCUT2D eigenvalue weighted by Gasteiger charge is 2.23. The van der Waals surface area contributed by atoms with Crippen LogP contribution in [0.5, 0.6) is 11.5 Å². The number of rotatable bonds is 6. The predicted octanol–water partition coefficient (Wildman–Crippen LogP) is 2.48. The molecule has 0 atom stereocenters. The number of hydrogen-bond acceptors (Lipinski definition) is 5. The molecule has 28 heavy (non-hydrogen) atoms. The molecule has 150 valence electrons. The molecule has 2 aromatic rings. The molecule has 0 aromatic heterocycles. The van der Waals surface area contributed by atoms with Crippen molar-refractivity contribution in [1.29, 1.82) is 0 Å². The van der Waals surface area contributed by atoms with Crippen LogP contribution in [-0.2, 0) is 27.8 Å². The highest BCUT2D eigenvalue weighted by molar-refractivity contribution is 7.89. The van der Waals surface area contributed by atoms with E-state index in [9.17, 15) is 13.2 Å². The first-order valence-electron chi connectivity index (χ1n) is 8.97. The predicted molar refractivity (Wildman–Crippen MR) is 106 cm³/mol. The Bertz CT molecular complexity index is 988. The van der Waals surface area contributed by atoms with Crippen LogP contribution in [0.15, 0.2) is 41.3 Å². The summed E-state index contributed by atoms with van der Waals surface area (Å²) in [4.78, 5) is 13.7. The molecular formula is C20H24N2O5S. The fraction of sp³-hybridized carbons (Fsp3) is 0.350. The van der Waals surface area contributed by atoms with Gasteiger partial charge in [-0.05, 0) is 54.8 Å². The molecule has 0 saturated carbocycles. The van der Waals surface area contributed by atoms with Crippen molar-refractivity contribution in [1.82, 2.24) is 4.72 Å². The maximum Gasteiger partial charge on any atom is 0.240 e. The van der Waals surface area contributed by atoms with E-state index in [-0.39, 0.29) is 17.3 Å². The lowest BCUT2D eigenvalue weighted by Crippen LogP contribution is -2.33. The number of amides is 1. The van der Waals surface area contributed by atoms with Crippen LogP contribution in [0.25, 0.3) is 0 Å². The van der Waals surface area contributed by atoms with Gasteiger partial charge >= 0.3 is 0 Å². The fourth-order valence-electron chi connectivity index (χ4n) is 3.34. The zero-order valence-electron chi connectivity index (χ0n) is 16.2. The van der Waals surface area contributed by atoms with Gasteiger partial charge in [-0.3, -0.25) is 4.79 Å². The summed E-state index contributed by atoms with van der Waals surface area (Å²) in [6, 6.07) is 10.1. The second kappa shape index (κ2) is 8.20. The monoisotopic (exact) mass is 404 g/mol. The largest absolute Gasteiger partial charge is 0.497 e. The molecule has 0 saturated heterocycles. The van der Waals surface area contributed by atoms with Crippen molar-refractivity contribution in [2.45, 2.75) is 31.2 Å². The summed E-state index contributed by atoms with van der Waals surface area (Å²) in [7, 11) is -0.643. The van der Waals surface area contributed by atoms with Gasteiger partial charge in [0, 0.05) is 31.3 Å². The van der Waals surface area contributed by atoms with Gasteiger partial charge in [0.15, 0.2) is 0 Å². The second-order valence-corrected chi connectivity index (χ2v) is 8.33. The van der Waals surface area contributed by atoms with Crippen LogP contribution in [0.1, 0.15) is 24.5 Å². The standard InChI is InChI=1S/C20H24N2O5S/c1-14(23)22-10-4-5-15-12-18(7-8-19(15)22)28(24,25)21-13-16-11-17(26-2)6-9-20(16)27-3/h6-9,11-12,21H,4-5,10,13H2,1-3H3. The Morgan fingerprint density at radius 1 is 1.14 bits per heavy atom. The lowest BCUT2D eigenvalue weighted by Gasteiger charge is -2.28. The van der Waals surface area contributed by atoms with Crippen molar-refractivity contribution in [3.8, 4) is 11.5 Å². The number of ether oxygens (including phenoxy) is 2. The Morgan fingerprint density at radius 2 is 1.93 bits per heavy atom. The summed E-state index contributed by atoms with van der Waals surface area (Å²) in [5.74, 6) is 1.15. The van der Waals surface area contributed by atoms with Crippen LogP contribution in [0.3, 0.4) is 0 Å². The molecule has 0 aliphatic carbocycles. The molecule has 0 bridgehead atoms. The number of methoxy groups -OCH3 is 2. The van der Waals surface area contributed by atoms with E-state index in [1.165, 1.54) is 20.1 Å². The highest BCUT2D eigenvalue weighted by atomic mass is 32.2.